The third-order valence-electron chi connectivity index (χ3n) is 3.00. The molecule has 16 heavy (non-hydrogen) atoms. The first-order valence-electron chi connectivity index (χ1n) is 4.91. The Morgan fingerprint density at radius 2 is 1.94 bits per heavy atom. The summed E-state index contributed by atoms with van der Waals surface area (Å²) < 4.78 is 37.9. The third kappa shape index (κ3) is 1.93. The van der Waals surface area contributed by atoms with Crippen LogP contribution in [0, 0.1) is 5.92 Å². The smallest absolute Gasteiger partial charge is 0.428 e. The van der Waals surface area contributed by atoms with Gasteiger partial charge in [0.15, 0.2) is 0 Å². The van der Waals surface area contributed by atoms with Gasteiger partial charge in [0.1, 0.15) is 0 Å². The molecular weight excluding hydrogens is 225 g/mol. The minimum absolute atomic E-state index is 0.00113. The van der Waals surface area contributed by atoms with Crippen LogP contribution in [0.25, 0.3) is 0 Å². The summed E-state index contributed by atoms with van der Waals surface area (Å²) in [4.78, 5) is 10.7. The van der Waals surface area contributed by atoms with Gasteiger partial charge in [-0.1, -0.05) is 18.6 Å². The van der Waals surface area contributed by atoms with Gasteiger partial charge in [-0.05, 0) is 19.3 Å². The van der Waals surface area contributed by atoms with Crippen molar-refractivity contribution in [2.24, 2.45) is 5.92 Å². The van der Waals surface area contributed by atoms with E-state index in [1.807, 2.05) is 0 Å². The molecule has 0 aromatic heterocycles. The summed E-state index contributed by atoms with van der Waals surface area (Å²) >= 11 is 0. The number of hydrogen-bond acceptors (Lipinski definition) is 2. The van der Waals surface area contributed by atoms with Crippen LogP contribution in [0.1, 0.15) is 25.7 Å². The molecule has 2 atom stereocenters. The average Bonchev–Trinajstić information content (AvgIpc) is 2.15. The molecule has 1 aliphatic rings. The van der Waals surface area contributed by atoms with Crippen molar-refractivity contribution < 1.29 is 28.2 Å². The van der Waals surface area contributed by atoms with Crippen molar-refractivity contribution in [2.45, 2.75) is 37.5 Å². The highest BCUT2D eigenvalue weighted by molar-refractivity contribution is 5.79. The number of carboxylic acid groups (broad SMARTS) is 1. The molecule has 92 valence electrons. The van der Waals surface area contributed by atoms with E-state index < -0.39 is 23.7 Å². The highest BCUT2D eigenvalue weighted by atomic mass is 19.4. The van der Waals surface area contributed by atoms with Crippen molar-refractivity contribution in [3.63, 3.8) is 0 Å². The topological polar surface area (TPSA) is 57.5 Å². The number of aliphatic carboxylic acids is 1. The van der Waals surface area contributed by atoms with E-state index in [0.717, 1.165) is 0 Å². The molecule has 1 fully saturated rings. The fourth-order valence-electron chi connectivity index (χ4n) is 2.05. The summed E-state index contributed by atoms with van der Waals surface area (Å²) in [5.74, 6) is -3.70. The van der Waals surface area contributed by atoms with Crippen molar-refractivity contribution in [1.82, 2.24) is 0 Å². The largest absolute Gasteiger partial charge is 0.479 e. The molecule has 0 aromatic rings. The minimum atomic E-state index is -5.19. The second-order valence-corrected chi connectivity index (χ2v) is 4.03. The third-order valence-corrected chi connectivity index (χ3v) is 3.00. The van der Waals surface area contributed by atoms with Crippen LogP contribution in [0.5, 0.6) is 0 Å². The molecule has 3 nitrogen and oxygen atoms in total. The molecule has 0 aliphatic heterocycles. The Morgan fingerprint density at radius 3 is 2.31 bits per heavy atom. The van der Waals surface area contributed by atoms with E-state index in [-0.39, 0.29) is 12.0 Å². The van der Waals surface area contributed by atoms with E-state index in [2.05, 4.69) is 6.58 Å². The van der Waals surface area contributed by atoms with E-state index >= 15 is 0 Å². The maximum atomic E-state index is 12.6. The van der Waals surface area contributed by atoms with E-state index in [4.69, 9.17) is 5.11 Å². The van der Waals surface area contributed by atoms with Crippen LogP contribution >= 0.6 is 0 Å². The van der Waals surface area contributed by atoms with Gasteiger partial charge in [-0.25, -0.2) is 4.79 Å². The molecule has 0 unspecified atom stereocenters. The lowest BCUT2D eigenvalue weighted by molar-refractivity contribution is -0.274. The Hall–Kier alpha value is -1.04. The van der Waals surface area contributed by atoms with E-state index in [1.54, 1.807) is 0 Å². The van der Waals surface area contributed by atoms with Crippen molar-refractivity contribution in [3.05, 3.63) is 12.2 Å². The predicted octanol–water partition coefficient (Wildman–Crippen LogP) is 2.11. The first-order valence-corrected chi connectivity index (χ1v) is 4.91. The minimum Gasteiger partial charge on any atom is -0.479 e. The monoisotopic (exact) mass is 238 g/mol. The van der Waals surface area contributed by atoms with Crippen molar-refractivity contribution in [1.29, 1.82) is 0 Å². The SMILES string of the molecule is C=C1CCCC[C@H]1[C@@](O)(C(=O)O)C(F)(F)F. The van der Waals surface area contributed by atoms with Gasteiger partial charge in [-0.3, -0.25) is 0 Å². The predicted molar refractivity (Wildman–Crippen MR) is 49.7 cm³/mol. The molecule has 0 radical (unpaired) electrons. The molecule has 2 N–H and O–H groups in total. The number of carboxylic acids is 1. The average molecular weight is 238 g/mol. The second-order valence-electron chi connectivity index (χ2n) is 4.03. The summed E-state index contributed by atoms with van der Waals surface area (Å²) in [5, 5.41) is 18.1. The first kappa shape index (κ1) is 13.0. The van der Waals surface area contributed by atoms with Crippen LogP contribution < -0.4 is 0 Å². The van der Waals surface area contributed by atoms with Gasteiger partial charge in [0.2, 0.25) is 0 Å². The number of rotatable bonds is 2. The maximum Gasteiger partial charge on any atom is 0.428 e. The highest BCUT2D eigenvalue weighted by Crippen LogP contribution is 2.44. The van der Waals surface area contributed by atoms with Crippen LogP contribution in [0.15, 0.2) is 12.2 Å². The molecular formula is C10H13F3O3. The maximum absolute atomic E-state index is 12.6. The highest BCUT2D eigenvalue weighted by Gasteiger charge is 2.64. The number of hydrogen-bond donors (Lipinski definition) is 2. The fourth-order valence-corrected chi connectivity index (χ4v) is 2.05. The lowest BCUT2D eigenvalue weighted by Gasteiger charge is -2.37. The molecule has 0 bridgehead atoms. The zero-order valence-corrected chi connectivity index (χ0v) is 8.55. The van der Waals surface area contributed by atoms with Crippen LogP contribution in [0.4, 0.5) is 13.2 Å². The van der Waals surface area contributed by atoms with Gasteiger partial charge in [0.05, 0.1) is 0 Å². The molecule has 0 aromatic carbocycles. The Bertz CT molecular complexity index is 311. The summed E-state index contributed by atoms with van der Waals surface area (Å²) in [6.07, 6.45) is -3.71. The van der Waals surface area contributed by atoms with Gasteiger partial charge in [-0.2, -0.15) is 13.2 Å². The first-order chi connectivity index (χ1) is 7.21. The van der Waals surface area contributed by atoms with Gasteiger partial charge in [-0.15, -0.1) is 0 Å². The summed E-state index contributed by atoms with van der Waals surface area (Å²) in [6, 6.07) is 0. The van der Waals surface area contributed by atoms with Gasteiger partial charge >= 0.3 is 12.1 Å². The molecule has 6 heteroatoms. The van der Waals surface area contributed by atoms with E-state index in [1.165, 1.54) is 0 Å². The van der Waals surface area contributed by atoms with Crippen LogP contribution in [0.2, 0.25) is 0 Å². The van der Waals surface area contributed by atoms with Gasteiger partial charge in [0.25, 0.3) is 5.60 Å². The molecule has 1 saturated carbocycles. The van der Waals surface area contributed by atoms with Crippen molar-refractivity contribution >= 4 is 5.97 Å². The Morgan fingerprint density at radius 1 is 1.38 bits per heavy atom. The van der Waals surface area contributed by atoms with E-state index in [9.17, 15) is 23.1 Å². The summed E-state index contributed by atoms with van der Waals surface area (Å²) in [5.41, 5.74) is -3.54. The second kappa shape index (κ2) is 4.08. The zero-order chi connectivity index (χ0) is 12.6. The lowest BCUT2D eigenvalue weighted by atomic mass is 9.73. The van der Waals surface area contributed by atoms with Crippen LogP contribution in [0.3, 0.4) is 0 Å². The quantitative estimate of drug-likeness (QED) is 0.724. The number of alkyl halides is 3. The van der Waals surface area contributed by atoms with Crippen molar-refractivity contribution in [2.75, 3.05) is 0 Å². The van der Waals surface area contributed by atoms with Gasteiger partial charge in [0, 0.05) is 5.92 Å². The van der Waals surface area contributed by atoms with Crippen LogP contribution in [-0.2, 0) is 4.79 Å². The normalized spacial score (nSPS) is 26.2. The molecule has 0 spiro atoms. The molecule has 0 amide bonds. The standard InChI is InChI=1S/C10H13F3O3/c1-6-4-2-3-5-7(6)9(16,8(14)15)10(11,12)13/h7,16H,1-5H2,(H,14,15)/t7-,9-/m1/s1. The fraction of sp³-hybridized carbons (Fsp3) is 0.700. The molecule has 1 rings (SSSR count). The van der Waals surface area contributed by atoms with E-state index in [0.29, 0.717) is 19.3 Å². The summed E-state index contributed by atoms with van der Waals surface area (Å²) in [7, 11) is 0. The Labute approximate surface area is 90.6 Å². The Kier molecular flexibility index (Phi) is 3.33. The van der Waals surface area contributed by atoms with Gasteiger partial charge < -0.3 is 10.2 Å². The lowest BCUT2D eigenvalue weighted by Crippen LogP contribution is -2.58. The van der Waals surface area contributed by atoms with Crippen LogP contribution in [-0.4, -0.2) is 28.0 Å². The number of halogens is 3. The number of carbonyl (C=O) groups is 1. The number of aliphatic hydroxyl groups is 1. The van der Waals surface area contributed by atoms with Crippen molar-refractivity contribution in [3.8, 4) is 0 Å². The molecule has 0 saturated heterocycles. The summed E-state index contributed by atoms with van der Waals surface area (Å²) in [6.45, 7) is 3.43. The molecule has 1 aliphatic carbocycles. The zero-order valence-electron chi connectivity index (χ0n) is 8.55. The molecule has 0 heterocycles. The Balaban J connectivity index is 3.11.